The summed E-state index contributed by atoms with van der Waals surface area (Å²) in [4.78, 5) is 0. The number of nitriles is 1. The van der Waals surface area contributed by atoms with E-state index in [2.05, 4.69) is 17.8 Å². The highest BCUT2D eigenvalue weighted by molar-refractivity contribution is 8.00. The first-order valence-corrected chi connectivity index (χ1v) is 6.89. The van der Waals surface area contributed by atoms with Gasteiger partial charge in [-0.25, -0.2) is 0 Å². The number of thioether (sulfide) groups is 1. The first-order valence-electron chi connectivity index (χ1n) is 5.95. The van der Waals surface area contributed by atoms with Gasteiger partial charge in [-0.15, -0.1) is 0 Å². The van der Waals surface area contributed by atoms with Crippen molar-refractivity contribution in [1.29, 1.82) is 5.26 Å². The fourth-order valence-corrected chi connectivity index (χ4v) is 4.47. The Kier molecular flexibility index (Phi) is 3.75. The van der Waals surface area contributed by atoms with E-state index in [-0.39, 0.29) is 0 Å². The van der Waals surface area contributed by atoms with Crippen LogP contribution in [-0.2, 0) is 0 Å². The smallest absolute Gasteiger partial charge is 0.0667 e. The second-order valence-electron chi connectivity index (χ2n) is 4.60. The summed E-state index contributed by atoms with van der Waals surface area (Å²) in [5, 5.41) is 10.6. The van der Waals surface area contributed by atoms with E-state index in [0.717, 1.165) is 11.7 Å². The van der Waals surface area contributed by atoms with Crippen LogP contribution in [-0.4, -0.2) is 10.5 Å². The van der Waals surface area contributed by atoms with E-state index in [9.17, 15) is 0 Å². The molecule has 0 spiro atoms. The molecule has 0 N–H and O–H groups in total. The van der Waals surface area contributed by atoms with Crippen LogP contribution in [0.1, 0.15) is 51.4 Å². The fourth-order valence-electron chi connectivity index (χ4n) is 2.68. The quantitative estimate of drug-likeness (QED) is 0.691. The summed E-state index contributed by atoms with van der Waals surface area (Å²) in [6.45, 7) is 0. The molecule has 2 saturated carbocycles. The molecule has 2 aliphatic carbocycles. The molecule has 14 heavy (non-hydrogen) atoms. The third-order valence-corrected chi connectivity index (χ3v) is 5.31. The van der Waals surface area contributed by atoms with Gasteiger partial charge in [-0.05, 0) is 25.7 Å². The monoisotopic (exact) mass is 209 g/mol. The Balaban J connectivity index is 1.84. The Hall–Kier alpha value is -0.160. The van der Waals surface area contributed by atoms with Crippen molar-refractivity contribution in [2.75, 3.05) is 0 Å². The maximum absolute atomic E-state index is 9.07. The van der Waals surface area contributed by atoms with Gasteiger partial charge in [-0.3, -0.25) is 0 Å². The third-order valence-electron chi connectivity index (χ3n) is 3.54. The summed E-state index contributed by atoms with van der Waals surface area (Å²) in [7, 11) is 0. The predicted molar refractivity (Wildman–Crippen MR) is 61.2 cm³/mol. The molecule has 2 aliphatic rings. The van der Waals surface area contributed by atoms with Gasteiger partial charge in [0.1, 0.15) is 0 Å². The van der Waals surface area contributed by atoms with Crippen LogP contribution in [0.5, 0.6) is 0 Å². The maximum atomic E-state index is 9.07. The van der Waals surface area contributed by atoms with Gasteiger partial charge >= 0.3 is 0 Å². The minimum Gasteiger partial charge on any atom is -0.198 e. The van der Waals surface area contributed by atoms with Gasteiger partial charge in [-0.2, -0.15) is 17.0 Å². The van der Waals surface area contributed by atoms with Crippen molar-refractivity contribution in [3.63, 3.8) is 0 Å². The molecule has 2 fully saturated rings. The lowest BCUT2D eigenvalue weighted by Crippen LogP contribution is -2.22. The Labute approximate surface area is 91.3 Å². The molecule has 0 amide bonds. The van der Waals surface area contributed by atoms with Crippen molar-refractivity contribution in [2.45, 2.75) is 61.9 Å². The van der Waals surface area contributed by atoms with Crippen molar-refractivity contribution < 1.29 is 0 Å². The van der Waals surface area contributed by atoms with Crippen LogP contribution in [0.25, 0.3) is 0 Å². The van der Waals surface area contributed by atoms with Crippen molar-refractivity contribution >= 4 is 11.8 Å². The largest absolute Gasteiger partial charge is 0.198 e. The number of hydrogen-bond acceptors (Lipinski definition) is 2. The average molecular weight is 209 g/mol. The molecule has 0 saturated heterocycles. The zero-order chi connectivity index (χ0) is 9.80. The lowest BCUT2D eigenvalue weighted by molar-refractivity contribution is 0.438. The minimum absolute atomic E-state index is 0.356. The highest BCUT2D eigenvalue weighted by Gasteiger charge is 2.28. The average Bonchev–Trinajstić information content (AvgIpc) is 2.71. The van der Waals surface area contributed by atoms with Crippen LogP contribution in [0.4, 0.5) is 0 Å². The van der Waals surface area contributed by atoms with Gasteiger partial charge in [-0.1, -0.05) is 25.7 Å². The van der Waals surface area contributed by atoms with Crippen LogP contribution in [0, 0.1) is 17.2 Å². The van der Waals surface area contributed by atoms with Crippen LogP contribution in [0.15, 0.2) is 0 Å². The van der Waals surface area contributed by atoms with Crippen molar-refractivity contribution in [2.24, 2.45) is 5.92 Å². The fraction of sp³-hybridized carbons (Fsp3) is 0.917. The van der Waals surface area contributed by atoms with Crippen LogP contribution in [0.2, 0.25) is 0 Å². The lowest BCUT2D eigenvalue weighted by atomic mass is 9.90. The van der Waals surface area contributed by atoms with Gasteiger partial charge in [0, 0.05) is 10.5 Å². The second-order valence-corrected chi connectivity index (χ2v) is 6.15. The van der Waals surface area contributed by atoms with E-state index >= 15 is 0 Å². The minimum atomic E-state index is 0.356. The Morgan fingerprint density at radius 1 is 0.929 bits per heavy atom. The normalized spacial score (nSPS) is 34.2. The van der Waals surface area contributed by atoms with Crippen molar-refractivity contribution in [1.82, 2.24) is 0 Å². The molecular weight excluding hydrogens is 190 g/mol. The summed E-state index contributed by atoms with van der Waals surface area (Å²) >= 11 is 2.14. The summed E-state index contributed by atoms with van der Waals surface area (Å²) in [6.07, 6.45) is 10.7. The third kappa shape index (κ3) is 2.45. The number of hydrogen-bond donors (Lipinski definition) is 0. The molecule has 2 atom stereocenters. The molecule has 2 unspecified atom stereocenters. The van der Waals surface area contributed by atoms with Gasteiger partial charge in [0.15, 0.2) is 0 Å². The standard InChI is InChI=1S/C12H19NS/c13-9-10-5-1-4-8-12(10)14-11-6-2-3-7-11/h10-12H,1-8H2. The lowest BCUT2D eigenvalue weighted by Gasteiger charge is -2.28. The zero-order valence-electron chi connectivity index (χ0n) is 8.74. The van der Waals surface area contributed by atoms with Crippen LogP contribution in [0.3, 0.4) is 0 Å². The molecule has 0 aliphatic heterocycles. The van der Waals surface area contributed by atoms with E-state index in [1.807, 2.05) is 0 Å². The van der Waals surface area contributed by atoms with Crippen LogP contribution < -0.4 is 0 Å². The molecule has 0 radical (unpaired) electrons. The predicted octanol–water partition coefficient (Wildman–Crippen LogP) is 3.74. The van der Waals surface area contributed by atoms with E-state index in [4.69, 9.17) is 5.26 Å². The topological polar surface area (TPSA) is 23.8 Å². The van der Waals surface area contributed by atoms with Gasteiger partial charge < -0.3 is 0 Å². The molecule has 0 aromatic heterocycles. The molecular formula is C12H19NS. The molecule has 0 heterocycles. The first kappa shape index (κ1) is 10.4. The molecule has 2 rings (SSSR count). The summed E-state index contributed by atoms with van der Waals surface area (Å²) in [5.41, 5.74) is 0. The van der Waals surface area contributed by atoms with Crippen molar-refractivity contribution in [3.8, 4) is 6.07 Å². The number of rotatable bonds is 2. The highest BCUT2D eigenvalue weighted by Crippen LogP contribution is 2.40. The van der Waals surface area contributed by atoms with E-state index < -0.39 is 0 Å². The highest BCUT2D eigenvalue weighted by atomic mass is 32.2. The Bertz CT molecular complexity index is 215. The Morgan fingerprint density at radius 2 is 1.57 bits per heavy atom. The van der Waals surface area contributed by atoms with Crippen molar-refractivity contribution in [3.05, 3.63) is 0 Å². The molecule has 2 heteroatoms. The summed E-state index contributed by atoms with van der Waals surface area (Å²) in [6, 6.07) is 2.51. The molecule has 0 bridgehead atoms. The van der Waals surface area contributed by atoms with Gasteiger partial charge in [0.2, 0.25) is 0 Å². The van der Waals surface area contributed by atoms with Gasteiger partial charge in [0.05, 0.1) is 12.0 Å². The summed E-state index contributed by atoms with van der Waals surface area (Å²) < 4.78 is 0. The molecule has 0 aromatic carbocycles. The van der Waals surface area contributed by atoms with E-state index in [1.165, 1.54) is 44.9 Å². The molecule has 78 valence electrons. The molecule has 1 nitrogen and oxygen atoms in total. The zero-order valence-corrected chi connectivity index (χ0v) is 9.56. The maximum Gasteiger partial charge on any atom is 0.0667 e. The SMILES string of the molecule is N#CC1CCCCC1SC1CCCC1. The molecule has 0 aromatic rings. The second kappa shape index (κ2) is 5.07. The van der Waals surface area contributed by atoms with E-state index in [0.29, 0.717) is 11.2 Å². The van der Waals surface area contributed by atoms with E-state index in [1.54, 1.807) is 0 Å². The summed E-state index contributed by atoms with van der Waals surface area (Å²) in [5.74, 6) is 0.356. The van der Waals surface area contributed by atoms with Crippen LogP contribution >= 0.6 is 11.8 Å². The first-order chi connectivity index (χ1) is 6.90. The van der Waals surface area contributed by atoms with Gasteiger partial charge in [0.25, 0.3) is 0 Å². The number of nitrogens with zero attached hydrogens (tertiary/aromatic N) is 1. The Morgan fingerprint density at radius 3 is 2.29 bits per heavy atom.